The maximum absolute atomic E-state index is 11.9. The predicted molar refractivity (Wildman–Crippen MR) is 65.9 cm³/mol. The van der Waals surface area contributed by atoms with Crippen molar-refractivity contribution in [2.75, 3.05) is 18.5 Å². The van der Waals surface area contributed by atoms with Crippen molar-refractivity contribution in [3.63, 3.8) is 0 Å². The Labute approximate surface area is 105 Å². The van der Waals surface area contributed by atoms with Crippen molar-refractivity contribution >= 4 is 22.0 Å². The number of morpholine rings is 1. The number of carbonyl (C=O) groups is 1. The summed E-state index contributed by atoms with van der Waals surface area (Å²) in [6.45, 7) is 8.74. The van der Waals surface area contributed by atoms with Crippen LogP contribution in [-0.2, 0) is 9.47 Å². The Morgan fingerprint density at radius 3 is 2.69 bits per heavy atom. The van der Waals surface area contributed by atoms with Gasteiger partial charge in [0.05, 0.1) is 25.3 Å². The number of alkyl halides is 1. The van der Waals surface area contributed by atoms with Gasteiger partial charge in [0.2, 0.25) is 0 Å². The summed E-state index contributed by atoms with van der Waals surface area (Å²) in [5, 5.41) is 0.735. The normalized spacial score (nSPS) is 26.7. The molecular weight excluding hydrogens is 274 g/mol. The minimum Gasteiger partial charge on any atom is -0.444 e. The Morgan fingerprint density at radius 1 is 1.56 bits per heavy atom. The molecule has 0 aromatic rings. The van der Waals surface area contributed by atoms with Crippen molar-refractivity contribution in [2.24, 2.45) is 0 Å². The van der Waals surface area contributed by atoms with Gasteiger partial charge in [-0.2, -0.15) is 0 Å². The zero-order chi connectivity index (χ0) is 12.3. The number of rotatable bonds is 1. The van der Waals surface area contributed by atoms with E-state index in [-0.39, 0.29) is 18.2 Å². The van der Waals surface area contributed by atoms with Crippen molar-refractivity contribution in [1.82, 2.24) is 4.90 Å². The number of amides is 1. The minimum absolute atomic E-state index is 0.0590. The summed E-state index contributed by atoms with van der Waals surface area (Å²) < 4.78 is 10.9. The Kier molecular flexibility index (Phi) is 4.62. The van der Waals surface area contributed by atoms with Crippen molar-refractivity contribution in [1.29, 1.82) is 0 Å². The van der Waals surface area contributed by atoms with Crippen LogP contribution in [-0.4, -0.2) is 47.2 Å². The second kappa shape index (κ2) is 5.36. The summed E-state index contributed by atoms with van der Waals surface area (Å²) in [4.78, 5) is 13.7. The highest BCUT2D eigenvalue weighted by molar-refractivity contribution is 9.09. The molecule has 1 heterocycles. The molecule has 4 nitrogen and oxygen atoms in total. The third kappa shape index (κ3) is 3.94. The Balaban J connectivity index is 2.59. The maximum Gasteiger partial charge on any atom is 0.410 e. The molecule has 0 bridgehead atoms. The fourth-order valence-corrected chi connectivity index (χ4v) is 1.88. The standard InChI is InChI=1S/C11H20BrNO3/c1-8-7-15-9(5-12)6-13(8)10(14)16-11(2,3)4/h8-9H,5-7H2,1-4H3/t8-,9-/m0/s1. The first-order valence-electron chi connectivity index (χ1n) is 5.50. The highest BCUT2D eigenvalue weighted by atomic mass is 79.9. The van der Waals surface area contributed by atoms with Crippen molar-refractivity contribution in [3.8, 4) is 0 Å². The summed E-state index contributed by atoms with van der Waals surface area (Å²) in [6.07, 6.45) is -0.196. The largest absolute Gasteiger partial charge is 0.444 e. The number of carbonyl (C=O) groups excluding carboxylic acids is 1. The Morgan fingerprint density at radius 2 is 2.19 bits per heavy atom. The van der Waals surface area contributed by atoms with Crippen LogP contribution in [0.5, 0.6) is 0 Å². The van der Waals surface area contributed by atoms with E-state index in [1.54, 1.807) is 4.90 Å². The summed E-state index contributed by atoms with van der Waals surface area (Å²) in [5.41, 5.74) is -0.445. The number of hydrogen-bond acceptors (Lipinski definition) is 3. The third-order valence-electron chi connectivity index (χ3n) is 2.31. The topological polar surface area (TPSA) is 38.8 Å². The highest BCUT2D eigenvalue weighted by Crippen LogP contribution is 2.17. The molecule has 16 heavy (non-hydrogen) atoms. The first-order valence-corrected chi connectivity index (χ1v) is 6.63. The van der Waals surface area contributed by atoms with Gasteiger partial charge in [-0.3, -0.25) is 0 Å². The van der Waals surface area contributed by atoms with Gasteiger partial charge in [0.1, 0.15) is 5.60 Å². The average molecular weight is 294 g/mol. The lowest BCUT2D eigenvalue weighted by Gasteiger charge is -2.38. The van der Waals surface area contributed by atoms with E-state index in [2.05, 4.69) is 15.9 Å². The van der Waals surface area contributed by atoms with E-state index in [0.29, 0.717) is 13.2 Å². The molecule has 0 aliphatic carbocycles. The Bertz CT molecular complexity index is 252. The van der Waals surface area contributed by atoms with Gasteiger partial charge >= 0.3 is 6.09 Å². The van der Waals surface area contributed by atoms with E-state index in [0.717, 1.165) is 5.33 Å². The van der Waals surface area contributed by atoms with Gasteiger partial charge in [-0.05, 0) is 27.7 Å². The van der Waals surface area contributed by atoms with Crippen LogP contribution < -0.4 is 0 Å². The molecule has 1 aliphatic heterocycles. The van der Waals surface area contributed by atoms with Gasteiger partial charge in [-0.25, -0.2) is 4.79 Å². The lowest BCUT2D eigenvalue weighted by molar-refractivity contribution is -0.0567. The van der Waals surface area contributed by atoms with Crippen molar-refractivity contribution in [3.05, 3.63) is 0 Å². The van der Waals surface area contributed by atoms with Gasteiger partial charge in [0.15, 0.2) is 0 Å². The average Bonchev–Trinajstić information content (AvgIpc) is 2.15. The fourth-order valence-electron chi connectivity index (χ4n) is 1.49. The maximum atomic E-state index is 11.9. The molecule has 0 aromatic carbocycles. The molecule has 1 saturated heterocycles. The van der Waals surface area contributed by atoms with Crippen molar-refractivity contribution < 1.29 is 14.3 Å². The van der Waals surface area contributed by atoms with Crippen molar-refractivity contribution in [2.45, 2.75) is 45.4 Å². The van der Waals surface area contributed by atoms with E-state index in [1.165, 1.54) is 0 Å². The van der Waals surface area contributed by atoms with Crippen LogP contribution in [0.4, 0.5) is 4.79 Å². The predicted octanol–water partition coefficient (Wildman–Crippen LogP) is 2.41. The zero-order valence-corrected chi connectivity index (χ0v) is 11.9. The van der Waals surface area contributed by atoms with E-state index in [4.69, 9.17) is 9.47 Å². The summed E-state index contributed by atoms with van der Waals surface area (Å²) in [7, 11) is 0. The van der Waals surface area contributed by atoms with Crippen LogP contribution in [0.15, 0.2) is 0 Å². The molecule has 0 radical (unpaired) electrons. The SMILES string of the molecule is C[C@H]1CO[C@@H](CBr)CN1C(=O)OC(C)(C)C. The number of hydrogen-bond donors (Lipinski definition) is 0. The molecular formula is C11H20BrNO3. The molecule has 5 heteroatoms. The molecule has 0 N–H and O–H groups in total. The highest BCUT2D eigenvalue weighted by Gasteiger charge is 2.32. The van der Waals surface area contributed by atoms with E-state index < -0.39 is 5.60 Å². The van der Waals surface area contributed by atoms with Crippen LogP contribution in [0.1, 0.15) is 27.7 Å². The molecule has 0 saturated carbocycles. The molecule has 1 fully saturated rings. The van der Waals surface area contributed by atoms with Gasteiger partial charge in [0, 0.05) is 5.33 Å². The molecule has 0 spiro atoms. The van der Waals surface area contributed by atoms with Crippen LogP contribution in [0.3, 0.4) is 0 Å². The minimum atomic E-state index is -0.445. The van der Waals surface area contributed by atoms with E-state index in [1.807, 2.05) is 27.7 Å². The van der Waals surface area contributed by atoms with Crippen LogP contribution in [0.2, 0.25) is 0 Å². The third-order valence-corrected chi connectivity index (χ3v) is 3.03. The lowest BCUT2D eigenvalue weighted by Crippen LogP contribution is -2.52. The smallest absolute Gasteiger partial charge is 0.410 e. The first kappa shape index (κ1) is 13.8. The second-order valence-electron chi connectivity index (χ2n) is 5.09. The Hall–Kier alpha value is -0.290. The van der Waals surface area contributed by atoms with E-state index in [9.17, 15) is 4.79 Å². The summed E-state index contributed by atoms with van der Waals surface area (Å²) in [5.74, 6) is 0. The number of halogens is 1. The van der Waals surface area contributed by atoms with Crippen LogP contribution >= 0.6 is 15.9 Å². The van der Waals surface area contributed by atoms with E-state index >= 15 is 0 Å². The number of nitrogens with zero attached hydrogens (tertiary/aromatic N) is 1. The van der Waals surface area contributed by atoms with Gasteiger partial charge in [0.25, 0.3) is 0 Å². The fraction of sp³-hybridized carbons (Fsp3) is 0.909. The molecule has 94 valence electrons. The quantitative estimate of drug-likeness (QED) is 0.697. The van der Waals surface area contributed by atoms with Crippen LogP contribution in [0, 0.1) is 0 Å². The monoisotopic (exact) mass is 293 g/mol. The summed E-state index contributed by atoms with van der Waals surface area (Å²) >= 11 is 3.37. The first-order chi connectivity index (χ1) is 7.33. The molecule has 1 amide bonds. The molecule has 2 atom stereocenters. The zero-order valence-electron chi connectivity index (χ0n) is 10.3. The molecule has 0 aromatic heterocycles. The molecule has 1 rings (SSSR count). The van der Waals surface area contributed by atoms with Gasteiger partial charge in [-0.15, -0.1) is 0 Å². The van der Waals surface area contributed by atoms with Gasteiger partial charge < -0.3 is 14.4 Å². The van der Waals surface area contributed by atoms with Crippen LogP contribution in [0.25, 0.3) is 0 Å². The second-order valence-corrected chi connectivity index (χ2v) is 5.74. The lowest BCUT2D eigenvalue weighted by atomic mass is 10.2. The summed E-state index contributed by atoms with van der Waals surface area (Å²) in [6, 6.07) is 0.0742. The molecule has 1 aliphatic rings. The molecule has 0 unspecified atom stereocenters. The number of ether oxygens (including phenoxy) is 2. The van der Waals surface area contributed by atoms with Gasteiger partial charge in [-0.1, -0.05) is 15.9 Å².